The van der Waals surface area contributed by atoms with Crippen LogP contribution in [0.1, 0.15) is 63.8 Å². The minimum Gasteiger partial charge on any atom is -0.494 e. The molecule has 1 aliphatic heterocycles. The molecule has 5 heteroatoms. The molecule has 3 rings (SSSR count). The fourth-order valence-electron chi connectivity index (χ4n) is 4.40. The van der Waals surface area contributed by atoms with Crippen LogP contribution in [0.4, 0.5) is 0 Å². The Hall–Kier alpha value is -2.04. The quantitative estimate of drug-likeness (QED) is 0.464. The highest BCUT2D eigenvalue weighted by Crippen LogP contribution is 2.42. The highest BCUT2D eigenvalue weighted by atomic mass is 35.5. The van der Waals surface area contributed by atoms with Gasteiger partial charge in [0.2, 0.25) is 0 Å². The van der Waals surface area contributed by atoms with E-state index in [1.807, 2.05) is 31.2 Å². The van der Waals surface area contributed by atoms with Crippen molar-refractivity contribution in [3.8, 4) is 5.75 Å². The molecule has 1 heterocycles. The molecule has 1 aliphatic rings. The first kappa shape index (κ1) is 23.6. The molecular formula is C26H33ClO4. The average Bonchev–Trinajstić information content (AvgIpc) is 2.75. The maximum Gasteiger partial charge on any atom is 0.303 e. The van der Waals surface area contributed by atoms with Crippen molar-refractivity contribution in [3.63, 3.8) is 0 Å². The third kappa shape index (κ3) is 5.61. The van der Waals surface area contributed by atoms with E-state index in [1.54, 1.807) is 0 Å². The van der Waals surface area contributed by atoms with Gasteiger partial charge < -0.3 is 14.2 Å². The van der Waals surface area contributed by atoms with Crippen molar-refractivity contribution in [2.24, 2.45) is 11.8 Å². The highest BCUT2D eigenvalue weighted by Gasteiger charge is 2.43. The number of esters is 1. The Bertz CT molecular complexity index is 879. The Balaban J connectivity index is 1.89. The van der Waals surface area contributed by atoms with Crippen molar-refractivity contribution in [1.29, 1.82) is 0 Å². The molecule has 2 aromatic rings. The monoisotopic (exact) mass is 444 g/mol. The van der Waals surface area contributed by atoms with Crippen molar-refractivity contribution in [1.82, 2.24) is 0 Å². The Morgan fingerprint density at radius 1 is 1.06 bits per heavy atom. The van der Waals surface area contributed by atoms with Crippen LogP contribution in [0.15, 0.2) is 42.5 Å². The van der Waals surface area contributed by atoms with Crippen LogP contribution in [0, 0.1) is 11.8 Å². The fourth-order valence-corrected chi connectivity index (χ4v) is 4.58. The minimum atomic E-state index is -0.324. The first-order valence-corrected chi connectivity index (χ1v) is 11.5. The normalized spacial score (nSPS) is 25.8. The number of rotatable bonds is 7. The van der Waals surface area contributed by atoms with Gasteiger partial charge in [-0.3, -0.25) is 4.79 Å². The SMILES string of the molecule is CCOc1ccc(Cc2cc([C@@H]3O[C@H](CC)[C@@H](C)[C@H](C)[C@H]3OC(C)=O)ccc2Cl)cc1. The second kappa shape index (κ2) is 10.5. The van der Waals surface area contributed by atoms with Crippen LogP contribution in [0.5, 0.6) is 5.75 Å². The molecule has 1 fully saturated rings. The predicted molar refractivity (Wildman–Crippen MR) is 124 cm³/mol. The molecule has 0 amide bonds. The van der Waals surface area contributed by atoms with Crippen LogP contribution in [0.3, 0.4) is 0 Å². The first-order valence-electron chi connectivity index (χ1n) is 11.2. The van der Waals surface area contributed by atoms with Crippen LogP contribution in [-0.2, 0) is 20.7 Å². The van der Waals surface area contributed by atoms with E-state index >= 15 is 0 Å². The third-order valence-electron chi connectivity index (χ3n) is 6.29. The van der Waals surface area contributed by atoms with Crippen LogP contribution >= 0.6 is 11.6 Å². The standard InChI is InChI=1S/C26H33ClO4/c1-6-24-16(3)17(4)25(30-18(5)28)26(31-24)20-10-13-23(27)21(15-20)14-19-8-11-22(12-9-19)29-7-2/h8-13,15-17,24-26H,6-7,14H2,1-5H3/t16-,17-,24+,25+,26-/m0/s1. The largest absolute Gasteiger partial charge is 0.494 e. The number of hydrogen-bond donors (Lipinski definition) is 0. The number of ether oxygens (including phenoxy) is 3. The molecule has 168 valence electrons. The van der Waals surface area contributed by atoms with E-state index in [0.29, 0.717) is 24.0 Å². The second-order valence-electron chi connectivity index (χ2n) is 8.40. The summed E-state index contributed by atoms with van der Waals surface area (Å²) < 4.78 is 17.7. The molecule has 5 atom stereocenters. The lowest BCUT2D eigenvalue weighted by Crippen LogP contribution is -2.46. The van der Waals surface area contributed by atoms with E-state index in [1.165, 1.54) is 6.92 Å². The van der Waals surface area contributed by atoms with E-state index in [0.717, 1.165) is 28.9 Å². The lowest BCUT2D eigenvalue weighted by atomic mass is 9.78. The molecule has 0 radical (unpaired) electrons. The zero-order valence-electron chi connectivity index (χ0n) is 19.1. The number of hydrogen-bond acceptors (Lipinski definition) is 4. The van der Waals surface area contributed by atoms with Crippen LogP contribution in [0.25, 0.3) is 0 Å². The van der Waals surface area contributed by atoms with Gasteiger partial charge in [-0.25, -0.2) is 0 Å². The van der Waals surface area contributed by atoms with E-state index in [4.69, 9.17) is 25.8 Å². The van der Waals surface area contributed by atoms with Gasteiger partial charge in [0.25, 0.3) is 0 Å². The van der Waals surface area contributed by atoms with Crippen molar-refractivity contribution < 1.29 is 19.0 Å². The summed E-state index contributed by atoms with van der Waals surface area (Å²) in [4.78, 5) is 11.8. The molecule has 0 aromatic heterocycles. The number of carbonyl (C=O) groups is 1. The van der Waals surface area contributed by atoms with Gasteiger partial charge in [-0.05, 0) is 60.6 Å². The van der Waals surface area contributed by atoms with Gasteiger partial charge in [-0.1, -0.05) is 56.6 Å². The molecule has 0 N–H and O–H groups in total. The minimum absolute atomic E-state index is 0.122. The summed E-state index contributed by atoms with van der Waals surface area (Å²) in [6, 6.07) is 14.1. The van der Waals surface area contributed by atoms with Crippen LogP contribution in [0.2, 0.25) is 5.02 Å². The molecule has 31 heavy (non-hydrogen) atoms. The second-order valence-corrected chi connectivity index (χ2v) is 8.81. The molecule has 0 spiro atoms. The fraction of sp³-hybridized carbons (Fsp3) is 0.500. The van der Waals surface area contributed by atoms with Crippen molar-refractivity contribution in [3.05, 3.63) is 64.2 Å². The summed E-state index contributed by atoms with van der Waals surface area (Å²) in [6.07, 6.45) is 1.11. The molecule has 0 unspecified atom stereocenters. The third-order valence-corrected chi connectivity index (χ3v) is 6.65. The van der Waals surface area contributed by atoms with Gasteiger partial charge in [0.05, 0.1) is 12.7 Å². The van der Waals surface area contributed by atoms with Crippen LogP contribution in [-0.4, -0.2) is 24.8 Å². The molecule has 1 saturated heterocycles. The topological polar surface area (TPSA) is 44.8 Å². The Labute approximate surface area is 190 Å². The first-order chi connectivity index (χ1) is 14.8. The van der Waals surface area contributed by atoms with Crippen molar-refractivity contribution >= 4 is 17.6 Å². The Kier molecular flexibility index (Phi) is 8.01. The number of carbonyl (C=O) groups excluding carboxylic acids is 1. The van der Waals surface area contributed by atoms with E-state index < -0.39 is 0 Å². The molecule has 0 aliphatic carbocycles. The predicted octanol–water partition coefficient (Wildman–Crippen LogP) is 6.38. The maximum atomic E-state index is 11.8. The van der Waals surface area contributed by atoms with E-state index in [9.17, 15) is 4.79 Å². The van der Waals surface area contributed by atoms with Crippen molar-refractivity contribution in [2.75, 3.05) is 6.61 Å². The van der Waals surface area contributed by atoms with Gasteiger partial charge in [-0.15, -0.1) is 0 Å². The lowest BCUT2D eigenvalue weighted by Gasteiger charge is -2.44. The van der Waals surface area contributed by atoms with Gasteiger partial charge >= 0.3 is 5.97 Å². The van der Waals surface area contributed by atoms with Crippen LogP contribution < -0.4 is 4.74 Å². The van der Waals surface area contributed by atoms with E-state index in [-0.39, 0.29) is 30.2 Å². The summed E-state index contributed by atoms with van der Waals surface area (Å²) in [7, 11) is 0. The Morgan fingerprint density at radius 2 is 1.77 bits per heavy atom. The van der Waals surface area contributed by atoms with Crippen molar-refractivity contribution in [2.45, 2.75) is 65.8 Å². The summed E-state index contributed by atoms with van der Waals surface area (Å²) in [6.45, 7) is 10.5. The Morgan fingerprint density at radius 3 is 2.39 bits per heavy atom. The number of halogens is 1. The summed E-state index contributed by atoms with van der Waals surface area (Å²) >= 11 is 6.54. The molecular weight excluding hydrogens is 412 g/mol. The smallest absolute Gasteiger partial charge is 0.303 e. The zero-order chi connectivity index (χ0) is 22.5. The zero-order valence-corrected chi connectivity index (χ0v) is 19.8. The van der Waals surface area contributed by atoms with Gasteiger partial charge in [-0.2, -0.15) is 0 Å². The molecule has 4 nitrogen and oxygen atoms in total. The van der Waals surface area contributed by atoms with Gasteiger partial charge in [0.1, 0.15) is 18.0 Å². The average molecular weight is 445 g/mol. The lowest BCUT2D eigenvalue weighted by molar-refractivity contribution is -0.196. The molecule has 0 saturated carbocycles. The summed E-state index contributed by atoms with van der Waals surface area (Å²) in [5.74, 6) is 1.08. The highest BCUT2D eigenvalue weighted by molar-refractivity contribution is 6.31. The summed E-state index contributed by atoms with van der Waals surface area (Å²) in [5.41, 5.74) is 3.17. The molecule has 2 aromatic carbocycles. The van der Waals surface area contributed by atoms with Gasteiger partial charge in [0.15, 0.2) is 0 Å². The summed E-state index contributed by atoms with van der Waals surface area (Å²) in [5, 5.41) is 0.714. The number of benzene rings is 2. The van der Waals surface area contributed by atoms with Gasteiger partial charge in [0, 0.05) is 17.9 Å². The van der Waals surface area contributed by atoms with E-state index in [2.05, 4.69) is 39.0 Å². The maximum absolute atomic E-state index is 11.8. The molecule has 0 bridgehead atoms.